The first-order valence-corrected chi connectivity index (χ1v) is 6.33. The molecule has 20 heavy (non-hydrogen) atoms. The van der Waals surface area contributed by atoms with Crippen molar-refractivity contribution in [2.75, 3.05) is 26.8 Å². The van der Waals surface area contributed by atoms with Crippen LogP contribution in [0.5, 0.6) is 0 Å². The number of hydrogen-bond acceptors (Lipinski definition) is 4. The standard InChI is InChI=1S/C12H23N3O5/c1-8(2)7-15(4-5-20-3)12(19)14-9(11(17)18)6-10(13)16/h8-9H,4-7H2,1-3H3,(H2,13,16)(H,14,19)(H,17,18)/t9-/m1/s1. The quantitative estimate of drug-likeness (QED) is 0.534. The van der Waals surface area contributed by atoms with Crippen LogP contribution in [0, 0.1) is 5.92 Å². The summed E-state index contributed by atoms with van der Waals surface area (Å²) in [5, 5.41) is 11.2. The molecule has 0 aliphatic rings. The third-order valence-corrected chi connectivity index (χ3v) is 2.44. The highest BCUT2D eigenvalue weighted by Crippen LogP contribution is 2.01. The molecule has 0 aliphatic heterocycles. The van der Waals surface area contributed by atoms with Crippen LogP contribution in [0.2, 0.25) is 0 Å². The minimum Gasteiger partial charge on any atom is -0.480 e. The number of methoxy groups -OCH3 is 1. The SMILES string of the molecule is COCCN(CC(C)C)C(=O)N[C@H](CC(N)=O)C(=O)O. The number of rotatable bonds is 9. The second-order valence-corrected chi connectivity index (χ2v) is 4.84. The molecule has 8 nitrogen and oxygen atoms in total. The van der Waals surface area contributed by atoms with E-state index < -0.39 is 30.4 Å². The number of carbonyl (C=O) groups is 3. The van der Waals surface area contributed by atoms with Crippen LogP contribution in [0.15, 0.2) is 0 Å². The number of aliphatic carboxylic acids is 1. The van der Waals surface area contributed by atoms with Crippen molar-refractivity contribution in [3.8, 4) is 0 Å². The van der Waals surface area contributed by atoms with E-state index in [4.69, 9.17) is 15.6 Å². The average Bonchev–Trinajstić information content (AvgIpc) is 2.32. The number of carbonyl (C=O) groups excluding carboxylic acids is 2. The first-order chi connectivity index (χ1) is 9.27. The Bertz CT molecular complexity index is 346. The maximum Gasteiger partial charge on any atom is 0.326 e. The maximum atomic E-state index is 12.0. The van der Waals surface area contributed by atoms with Gasteiger partial charge in [0.2, 0.25) is 5.91 Å². The van der Waals surface area contributed by atoms with Crippen LogP contribution in [-0.2, 0) is 14.3 Å². The van der Waals surface area contributed by atoms with Crippen LogP contribution in [0.4, 0.5) is 4.79 Å². The summed E-state index contributed by atoms with van der Waals surface area (Å²) >= 11 is 0. The van der Waals surface area contributed by atoms with Gasteiger partial charge in [0.15, 0.2) is 0 Å². The van der Waals surface area contributed by atoms with Crippen molar-refractivity contribution in [3.63, 3.8) is 0 Å². The highest BCUT2D eigenvalue weighted by molar-refractivity contribution is 5.87. The van der Waals surface area contributed by atoms with Crippen LogP contribution in [0.1, 0.15) is 20.3 Å². The van der Waals surface area contributed by atoms with E-state index in [0.29, 0.717) is 19.7 Å². The smallest absolute Gasteiger partial charge is 0.326 e. The minimum atomic E-state index is -1.32. The number of carboxylic acids is 1. The van der Waals surface area contributed by atoms with E-state index in [1.807, 2.05) is 13.8 Å². The topological polar surface area (TPSA) is 122 Å². The van der Waals surface area contributed by atoms with Gasteiger partial charge < -0.3 is 25.8 Å². The Hall–Kier alpha value is -1.83. The fourth-order valence-electron chi connectivity index (χ4n) is 1.56. The van der Waals surface area contributed by atoms with Crippen LogP contribution in [0.25, 0.3) is 0 Å². The summed E-state index contributed by atoms with van der Waals surface area (Å²) in [6.07, 6.45) is -0.444. The molecule has 0 bridgehead atoms. The highest BCUT2D eigenvalue weighted by atomic mass is 16.5. The summed E-state index contributed by atoms with van der Waals surface area (Å²) < 4.78 is 4.91. The van der Waals surface area contributed by atoms with Gasteiger partial charge >= 0.3 is 12.0 Å². The molecule has 0 saturated heterocycles. The molecule has 0 aromatic carbocycles. The zero-order valence-electron chi connectivity index (χ0n) is 12.1. The molecule has 8 heteroatoms. The Labute approximate surface area is 118 Å². The van der Waals surface area contributed by atoms with E-state index in [9.17, 15) is 14.4 Å². The summed E-state index contributed by atoms with van der Waals surface area (Å²) in [6.45, 7) is 5.01. The Kier molecular flexibility index (Phi) is 8.30. The summed E-state index contributed by atoms with van der Waals surface area (Å²) in [6, 6.07) is -1.87. The summed E-state index contributed by atoms with van der Waals surface area (Å²) in [7, 11) is 1.51. The molecule has 0 aromatic heterocycles. The van der Waals surface area contributed by atoms with Crippen LogP contribution in [0.3, 0.4) is 0 Å². The molecule has 0 saturated carbocycles. The molecular weight excluding hydrogens is 266 g/mol. The van der Waals surface area contributed by atoms with Crippen molar-refractivity contribution in [2.24, 2.45) is 11.7 Å². The predicted molar refractivity (Wildman–Crippen MR) is 72.1 cm³/mol. The molecule has 0 radical (unpaired) electrons. The molecule has 1 atom stereocenters. The number of nitrogens with one attached hydrogen (secondary N) is 1. The fourth-order valence-corrected chi connectivity index (χ4v) is 1.56. The molecule has 0 heterocycles. The Morgan fingerprint density at radius 2 is 1.95 bits per heavy atom. The zero-order chi connectivity index (χ0) is 15.7. The first kappa shape index (κ1) is 18.2. The lowest BCUT2D eigenvalue weighted by molar-refractivity contribution is -0.141. The Balaban J connectivity index is 4.68. The third kappa shape index (κ3) is 7.57. The van der Waals surface area contributed by atoms with Gasteiger partial charge in [0.1, 0.15) is 6.04 Å². The van der Waals surface area contributed by atoms with Gasteiger partial charge in [-0.15, -0.1) is 0 Å². The van der Waals surface area contributed by atoms with E-state index in [0.717, 1.165) is 0 Å². The number of carboxylic acid groups (broad SMARTS) is 1. The van der Waals surface area contributed by atoms with Gasteiger partial charge in [-0.1, -0.05) is 13.8 Å². The molecule has 3 amide bonds. The van der Waals surface area contributed by atoms with E-state index in [2.05, 4.69) is 5.32 Å². The van der Waals surface area contributed by atoms with E-state index in [-0.39, 0.29) is 5.92 Å². The lowest BCUT2D eigenvalue weighted by atomic mass is 10.2. The molecule has 0 unspecified atom stereocenters. The van der Waals surface area contributed by atoms with Crippen molar-refractivity contribution in [1.82, 2.24) is 10.2 Å². The van der Waals surface area contributed by atoms with Gasteiger partial charge in [0.05, 0.1) is 13.0 Å². The number of urea groups is 1. The molecule has 0 rings (SSSR count). The Morgan fingerprint density at radius 1 is 1.35 bits per heavy atom. The Morgan fingerprint density at radius 3 is 2.35 bits per heavy atom. The lowest BCUT2D eigenvalue weighted by Crippen LogP contribution is -2.50. The lowest BCUT2D eigenvalue weighted by Gasteiger charge is -2.26. The van der Waals surface area contributed by atoms with Crippen LogP contribution in [-0.4, -0.2) is 60.8 Å². The van der Waals surface area contributed by atoms with Gasteiger partial charge in [0, 0.05) is 20.2 Å². The number of ether oxygens (including phenoxy) is 1. The molecule has 4 N–H and O–H groups in total. The van der Waals surface area contributed by atoms with E-state index in [1.165, 1.54) is 12.0 Å². The predicted octanol–water partition coefficient (Wildman–Crippen LogP) is -0.371. The number of nitrogens with two attached hydrogens (primary N) is 1. The molecule has 116 valence electrons. The number of hydrogen-bond donors (Lipinski definition) is 3. The maximum absolute atomic E-state index is 12.0. The molecule has 0 aliphatic carbocycles. The van der Waals surface area contributed by atoms with Gasteiger partial charge in [0.25, 0.3) is 0 Å². The molecule has 0 aromatic rings. The van der Waals surface area contributed by atoms with Gasteiger partial charge in [-0.25, -0.2) is 9.59 Å². The normalized spacial score (nSPS) is 12.0. The van der Waals surface area contributed by atoms with Crippen molar-refractivity contribution >= 4 is 17.9 Å². The summed E-state index contributed by atoms with van der Waals surface area (Å²) in [5.74, 6) is -1.87. The highest BCUT2D eigenvalue weighted by Gasteiger charge is 2.25. The van der Waals surface area contributed by atoms with Gasteiger partial charge in [-0.05, 0) is 5.92 Å². The number of nitrogens with zero attached hydrogens (tertiary/aromatic N) is 1. The largest absolute Gasteiger partial charge is 0.480 e. The molecular formula is C12H23N3O5. The van der Waals surface area contributed by atoms with Crippen molar-refractivity contribution in [3.05, 3.63) is 0 Å². The third-order valence-electron chi connectivity index (χ3n) is 2.44. The summed E-state index contributed by atoms with van der Waals surface area (Å²) in [5.41, 5.74) is 4.96. The van der Waals surface area contributed by atoms with Gasteiger partial charge in [-0.3, -0.25) is 4.79 Å². The monoisotopic (exact) mass is 289 g/mol. The van der Waals surface area contributed by atoms with Crippen LogP contribution < -0.4 is 11.1 Å². The second kappa shape index (κ2) is 9.13. The van der Waals surface area contributed by atoms with Gasteiger partial charge in [-0.2, -0.15) is 0 Å². The second-order valence-electron chi connectivity index (χ2n) is 4.84. The number of amides is 3. The molecule has 0 spiro atoms. The first-order valence-electron chi connectivity index (χ1n) is 6.33. The molecule has 0 fully saturated rings. The zero-order valence-corrected chi connectivity index (χ0v) is 12.1. The van der Waals surface area contributed by atoms with Crippen LogP contribution >= 0.6 is 0 Å². The van der Waals surface area contributed by atoms with Crippen molar-refractivity contribution in [1.29, 1.82) is 0 Å². The fraction of sp³-hybridized carbons (Fsp3) is 0.750. The summed E-state index contributed by atoms with van der Waals surface area (Å²) in [4.78, 5) is 35.2. The minimum absolute atomic E-state index is 0.219. The van der Waals surface area contributed by atoms with E-state index >= 15 is 0 Å². The van der Waals surface area contributed by atoms with Crippen molar-refractivity contribution < 1.29 is 24.2 Å². The number of primary amides is 1. The average molecular weight is 289 g/mol. The van der Waals surface area contributed by atoms with Crippen molar-refractivity contribution in [2.45, 2.75) is 26.3 Å². The van der Waals surface area contributed by atoms with E-state index in [1.54, 1.807) is 0 Å².